The predicted molar refractivity (Wildman–Crippen MR) is 103 cm³/mol. The summed E-state index contributed by atoms with van der Waals surface area (Å²) >= 11 is 0. The van der Waals surface area contributed by atoms with Crippen LogP contribution in [-0.2, 0) is 20.6 Å². The van der Waals surface area contributed by atoms with Gasteiger partial charge in [-0.2, -0.15) is 0 Å². The molecule has 2 atom stereocenters. The van der Waals surface area contributed by atoms with E-state index >= 15 is 0 Å². The third-order valence-corrected chi connectivity index (χ3v) is 5.28. The lowest BCUT2D eigenvalue weighted by Crippen LogP contribution is -2.24. The molecule has 1 fully saturated rings. The Morgan fingerprint density at radius 2 is 1.76 bits per heavy atom. The van der Waals surface area contributed by atoms with Crippen molar-refractivity contribution in [1.82, 2.24) is 0 Å². The topological polar surface area (TPSA) is 27.7 Å². The van der Waals surface area contributed by atoms with Crippen LogP contribution in [0.1, 0.15) is 62.5 Å². The molecule has 0 saturated carbocycles. The third kappa shape index (κ3) is 7.08. The van der Waals surface area contributed by atoms with Gasteiger partial charge in [0.15, 0.2) is 0 Å². The van der Waals surface area contributed by atoms with E-state index in [0.29, 0.717) is 17.9 Å². The van der Waals surface area contributed by atoms with Crippen molar-refractivity contribution in [3.8, 4) is 0 Å². The Morgan fingerprint density at radius 1 is 1.04 bits per heavy atom. The van der Waals surface area contributed by atoms with Gasteiger partial charge in [0.05, 0.1) is 25.9 Å². The van der Waals surface area contributed by atoms with Crippen LogP contribution in [0.25, 0.3) is 0 Å². The van der Waals surface area contributed by atoms with Crippen LogP contribution in [0, 0.1) is 5.92 Å². The molecule has 1 saturated heterocycles. The van der Waals surface area contributed by atoms with Gasteiger partial charge < -0.3 is 14.2 Å². The SMILES string of the molecule is CCCCCC1CCC(c2ccc(CC(COC)COC)cc2)CO1. The normalized spacial score (nSPS) is 21.0. The molecule has 0 radical (unpaired) electrons. The van der Waals surface area contributed by atoms with Crippen molar-refractivity contribution >= 4 is 0 Å². The maximum Gasteiger partial charge on any atom is 0.0575 e. The Kier molecular flexibility index (Phi) is 9.52. The van der Waals surface area contributed by atoms with Crippen LogP contribution in [0.5, 0.6) is 0 Å². The van der Waals surface area contributed by atoms with Gasteiger partial charge in [-0.25, -0.2) is 0 Å². The van der Waals surface area contributed by atoms with Crippen LogP contribution in [0.4, 0.5) is 0 Å². The molecule has 1 aliphatic rings. The highest BCUT2D eigenvalue weighted by molar-refractivity contribution is 5.26. The lowest BCUT2D eigenvalue weighted by atomic mass is 9.89. The minimum Gasteiger partial charge on any atom is -0.384 e. The number of hydrogen-bond acceptors (Lipinski definition) is 3. The summed E-state index contributed by atoms with van der Waals surface area (Å²) in [5.41, 5.74) is 2.78. The zero-order valence-corrected chi connectivity index (χ0v) is 16.3. The lowest BCUT2D eigenvalue weighted by Gasteiger charge is -2.29. The fourth-order valence-electron chi connectivity index (χ4n) is 3.82. The maximum atomic E-state index is 6.12. The van der Waals surface area contributed by atoms with Gasteiger partial charge in [-0.3, -0.25) is 0 Å². The molecule has 0 bridgehead atoms. The van der Waals surface area contributed by atoms with E-state index in [-0.39, 0.29) is 0 Å². The number of methoxy groups -OCH3 is 2. The summed E-state index contributed by atoms with van der Waals surface area (Å²) in [6, 6.07) is 9.11. The van der Waals surface area contributed by atoms with E-state index in [4.69, 9.17) is 14.2 Å². The fraction of sp³-hybridized carbons (Fsp3) is 0.727. The number of unbranched alkanes of at least 4 members (excludes halogenated alkanes) is 2. The second-order valence-corrected chi connectivity index (χ2v) is 7.45. The standard InChI is InChI=1S/C22H36O3/c1-4-5-6-7-22-13-12-21(17-25-22)20-10-8-18(9-11-20)14-19(15-23-2)16-24-3/h8-11,19,21-22H,4-7,12-17H2,1-3H3. The van der Waals surface area contributed by atoms with Crippen LogP contribution in [-0.4, -0.2) is 40.1 Å². The first-order valence-corrected chi connectivity index (χ1v) is 9.95. The Labute approximate surface area is 154 Å². The van der Waals surface area contributed by atoms with Crippen LogP contribution >= 0.6 is 0 Å². The Balaban J connectivity index is 1.80. The highest BCUT2D eigenvalue weighted by Crippen LogP contribution is 2.30. The molecule has 25 heavy (non-hydrogen) atoms. The molecule has 2 rings (SSSR count). The van der Waals surface area contributed by atoms with Crippen molar-refractivity contribution in [3.63, 3.8) is 0 Å². The van der Waals surface area contributed by atoms with Gasteiger partial charge in [0.1, 0.15) is 0 Å². The molecule has 1 aliphatic heterocycles. The average molecular weight is 349 g/mol. The average Bonchev–Trinajstić information content (AvgIpc) is 2.64. The molecule has 0 spiro atoms. The molecular formula is C22H36O3. The molecule has 142 valence electrons. The zero-order valence-electron chi connectivity index (χ0n) is 16.3. The van der Waals surface area contributed by atoms with E-state index in [2.05, 4.69) is 31.2 Å². The second-order valence-electron chi connectivity index (χ2n) is 7.45. The van der Waals surface area contributed by atoms with Gasteiger partial charge in [0, 0.05) is 26.1 Å². The fourth-order valence-corrected chi connectivity index (χ4v) is 3.82. The predicted octanol–water partition coefficient (Wildman–Crippen LogP) is 4.98. The van der Waals surface area contributed by atoms with E-state index in [1.165, 1.54) is 49.7 Å². The highest BCUT2D eigenvalue weighted by Gasteiger charge is 2.22. The van der Waals surface area contributed by atoms with Gasteiger partial charge in [-0.05, 0) is 36.8 Å². The Hall–Kier alpha value is -0.900. The molecule has 1 aromatic rings. The summed E-state index contributed by atoms with van der Waals surface area (Å²) in [5.74, 6) is 0.980. The molecular weight excluding hydrogens is 312 g/mol. The van der Waals surface area contributed by atoms with E-state index in [0.717, 1.165) is 26.2 Å². The van der Waals surface area contributed by atoms with E-state index in [1.807, 2.05) is 0 Å². The van der Waals surface area contributed by atoms with Gasteiger partial charge in [-0.1, -0.05) is 50.5 Å². The van der Waals surface area contributed by atoms with E-state index in [9.17, 15) is 0 Å². The largest absolute Gasteiger partial charge is 0.384 e. The van der Waals surface area contributed by atoms with Crippen molar-refractivity contribution in [2.45, 2.75) is 63.9 Å². The first-order chi connectivity index (χ1) is 12.3. The first kappa shape index (κ1) is 20.4. The van der Waals surface area contributed by atoms with Crippen LogP contribution in [0.3, 0.4) is 0 Å². The molecule has 1 heterocycles. The van der Waals surface area contributed by atoms with Crippen molar-refractivity contribution < 1.29 is 14.2 Å². The molecule has 0 N–H and O–H groups in total. The van der Waals surface area contributed by atoms with Crippen LogP contribution < -0.4 is 0 Å². The van der Waals surface area contributed by atoms with Crippen molar-refractivity contribution in [2.24, 2.45) is 5.92 Å². The number of ether oxygens (including phenoxy) is 3. The molecule has 0 amide bonds. The zero-order chi connectivity index (χ0) is 17.9. The summed E-state index contributed by atoms with van der Waals surface area (Å²) in [7, 11) is 3.51. The lowest BCUT2D eigenvalue weighted by molar-refractivity contribution is -0.00208. The summed E-state index contributed by atoms with van der Waals surface area (Å²) in [5, 5.41) is 0. The minimum absolute atomic E-state index is 0.419. The molecule has 3 heteroatoms. The number of rotatable bonds is 11. The molecule has 0 aliphatic carbocycles. The van der Waals surface area contributed by atoms with Gasteiger partial charge in [0.2, 0.25) is 0 Å². The smallest absolute Gasteiger partial charge is 0.0575 e. The summed E-state index contributed by atoms with van der Waals surface area (Å²) in [6.45, 7) is 4.62. The van der Waals surface area contributed by atoms with Crippen molar-refractivity contribution in [3.05, 3.63) is 35.4 Å². The van der Waals surface area contributed by atoms with Gasteiger partial charge in [0.25, 0.3) is 0 Å². The monoisotopic (exact) mass is 348 g/mol. The molecule has 1 aromatic carbocycles. The highest BCUT2D eigenvalue weighted by atomic mass is 16.5. The Bertz CT molecular complexity index is 443. The van der Waals surface area contributed by atoms with Crippen LogP contribution in [0.15, 0.2) is 24.3 Å². The summed E-state index contributed by atoms with van der Waals surface area (Å²) < 4.78 is 16.7. The van der Waals surface area contributed by atoms with E-state index in [1.54, 1.807) is 14.2 Å². The van der Waals surface area contributed by atoms with E-state index < -0.39 is 0 Å². The number of hydrogen-bond donors (Lipinski definition) is 0. The van der Waals surface area contributed by atoms with Gasteiger partial charge in [-0.15, -0.1) is 0 Å². The number of benzene rings is 1. The Morgan fingerprint density at radius 3 is 2.32 bits per heavy atom. The summed E-state index contributed by atoms with van der Waals surface area (Å²) in [4.78, 5) is 0. The van der Waals surface area contributed by atoms with Crippen molar-refractivity contribution in [2.75, 3.05) is 34.0 Å². The quantitative estimate of drug-likeness (QED) is 0.528. The maximum absolute atomic E-state index is 6.12. The molecule has 2 unspecified atom stereocenters. The van der Waals surface area contributed by atoms with Gasteiger partial charge >= 0.3 is 0 Å². The summed E-state index contributed by atoms with van der Waals surface area (Å²) in [6.07, 6.45) is 9.12. The third-order valence-electron chi connectivity index (χ3n) is 5.28. The van der Waals surface area contributed by atoms with Crippen LogP contribution in [0.2, 0.25) is 0 Å². The molecule has 0 aromatic heterocycles. The van der Waals surface area contributed by atoms with Crippen molar-refractivity contribution in [1.29, 1.82) is 0 Å². The molecule has 3 nitrogen and oxygen atoms in total. The first-order valence-electron chi connectivity index (χ1n) is 9.95. The minimum atomic E-state index is 0.419. The second kappa shape index (κ2) is 11.7.